The number of piperidine rings is 1. The molecule has 7 nitrogen and oxygen atoms in total. The van der Waals surface area contributed by atoms with Crippen LogP contribution in [0.1, 0.15) is 26.2 Å². The molecule has 1 N–H and O–H groups in total. The van der Waals surface area contributed by atoms with Crippen molar-refractivity contribution in [2.75, 3.05) is 70.9 Å². The van der Waals surface area contributed by atoms with Crippen LogP contribution in [-0.4, -0.2) is 87.7 Å². The molecule has 30 heavy (non-hydrogen) atoms. The van der Waals surface area contributed by atoms with Crippen LogP contribution in [0.3, 0.4) is 0 Å². The Morgan fingerprint density at radius 1 is 1.10 bits per heavy atom. The minimum absolute atomic E-state index is 0.0360. The number of carbonyl (C=O) groups excluding carboxylic acids is 1. The fourth-order valence-electron chi connectivity index (χ4n) is 4.29. The Labute approximate surface area is 181 Å². The van der Waals surface area contributed by atoms with Gasteiger partial charge in [-0.25, -0.2) is 0 Å². The van der Waals surface area contributed by atoms with E-state index in [2.05, 4.69) is 55.3 Å². The normalized spacial score (nSPS) is 19.1. The number of rotatable bonds is 7. The lowest BCUT2D eigenvalue weighted by molar-refractivity contribution is -0.149. The van der Waals surface area contributed by atoms with Gasteiger partial charge in [-0.15, -0.1) is 0 Å². The molecule has 2 saturated heterocycles. The summed E-state index contributed by atoms with van der Waals surface area (Å²) in [6.45, 7) is 10.5. The highest BCUT2D eigenvalue weighted by Crippen LogP contribution is 2.19. The molecule has 7 heteroatoms. The summed E-state index contributed by atoms with van der Waals surface area (Å²) in [5, 5.41) is 3.51. The Morgan fingerprint density at radius 3 is 2.43 bits per heavy atom. The molecule has 0 unspecified atom stereocenters. The lowest BCUT2D eigenvalue weighted by Gasteiger charge is -2.36. The predicted octanol–water partition coefficient (Wildman–Crippen LogP) is 2.05. The van der Waals surface area contributed by atoms with Crippen molar-refractivity contribution in [2.24, 2.45) is 10.9 Å². The average molecular weight is 416 g/mol. The fourth-order valence-corrected chi connectivity index (χ4v) is 4.29. The van der Waals surface area contributed by atoms with Crippen LogP contribution in [0.4, 0.5) is 5.69 Å². The molecule has 166 valence electrons. The van der Waals surface area contributed by atoms with Crippen LogP contribution in [0.5, 0.6) is 0 Å². The predicted molar refractivity (Wildman–Crippen MR) is 122 cm³/mol. The number of aliphatic imine (C=N–C) groups is 1. The molecule has 0 bridgehead atoms. The van der Waals surface area contributed by atoms with Gasteiger partial charge in [-0.3, -0.25) is 14.7 Å². The van der Waals surface area contributed by atoms with Crippen molar-refractivity contribution in [1.82, 2.24) is 15.1 Å². The average Bonchev–Trinajstić information content (AvgIpc) is 2.80. The first-order chi connectivity index (χ1) is 14.7. The molecule has 2 aliphatic rings. The Bertz CT molecular complexity index is 665. The first-order valence-electron chi connectivity index (χ1n) is 11.4. The first kappa shape index (κ1) is 22.4. The second-order valence-electron chi connectivity index (χ2n) is 8.01. The summed E-state index contributed by atoms with van der Waals surface area (Å²) >= 11 is 0. The van der Waals surface area contributed by atoms with Crippen molar-refractivity contribution in [2.45, 2.75) is 26.2 Å². The molecular weight excluding hydrogens is 378 g/mol. The maximum atomic E-state index is 11.9. The number of esters is 1. The number of nitrogens with zero attached hydrogens (tertiary/aromatic N) is 4. The van der Waals surface area contributed by atoms with Crippen LogP contribution in [0.15, 0.2) is 35.3 Å². The Kier molecular flexibility index (Phi) is 8.81. The number of anilines is 1. The molecule has 1 aromatic carbocycles. The third kappa shape index (κ3) is 6.36. The molecule has 1 aromatic rings. The summed E-state index contributed by atoms with van der Waals surface area (Å²) < 4.78 is 5.16. The number of nitrogens with one attached hydrogen (secondary N) is 1. The van der Waals surface area contributed by atoms with E-state index in [-0.39, 0.29) is 11.9 Å². The highest BCUT2D eigenvalue weighted by Gasteiger charge is 2.27. The van der Waals surface area contributed by atoms with Gasteiger partial charge in [0.05, 0.1) is 12.5 Å². The second kappa shape index (κ2) is 11.8. The molecular formula is C23H37N5O2. The van der Waals surface area contributed by atoms with Crippen LogP contribution in [0, 0.1) is 5.92 Å². The summed E-state index contributed by atoms with van der Waals surface area (Å²) in [6, 6.07) is 10.7. The van der Waals surface area contributed by atoms with Gasteiger partial charge in [0.2, 0.25) is 0 Å². The molecule has 0 radical (unpaired) electrons. The van der Waals surface area contributed by atoms with E-state index in [0.717, 1.165) is 77.6 Å². The Morgan fingerprint density at radius 2 is 1.80 bits per heavy atom. The number of hydrogen-bond donors (Lipinski definition) is 1. The van der Waals surface area contributed by atoms with Gasteiger partial charge in [0.1, 0.15) is 0 Å². The van der Waals surface area contributed by atoms with Gasteiger partial charge in [-0.05, 0) is 44.9 Å². The van der Waals surface area contributed by atoms with E-state index in [1.165, 1.54) is 5.69 Å². The van der Waals surface area contributed by atoms with Crippen LogP contribution in [0.2, 0.25) is 0 Å². The summed E-state index contributed by atoms with van der Waals surface area (Å²) in [6.07, 6.45) is 2.78. The highest BCUT2D eigenvalue weighted by molar-refractivity contribution is 5.80. The monoisotopic (exact) mass is 415 g/mol. The lowest BCUT2D eigenvalue weighted by atomic mass is 9.97. The van der Waals surface area contributed by atoms with E-state index in [1.807, 2.05) is 14.0 Å². The number of piperazine rings is 1. The van der Waals surface area contributed by atoms with Crippen molar-refractivity contribution in [3.63, 3.8) is 0 Å². The van der Waals surface area contributed by atoms with Crippen molar-refractivity contribution in [3.8, 4) is 0 Å². The molecule has 0 spiro atoms. The van der Waals surface area contributed by atoms with Crippen LogP contribution >= 0.6 is 0 Å². The van der Waals surface area contributed by atoms with E-state index in [0.29, 0.717) is 6.61 Å². The molecule has 0 saturated carbocycles. The van der Waals surface area contributed by atoms with Gasteiger partial charge in [0.25, 0.3) is 0 Å². The minimum atomic E-state index is -0.0487. The topological polar surface area (TPSA) is 60.4 Å². The van der Waals surface area contributed by atoms with Gasteiger partial charge in [0.15, 0.2) is 5.96 Å². The van der Waals surface area contributed by atoms with Crippen molar-refractivity contribution < 1.29 is 9.53 Å². The van der Waals surface area contributed by atoms with Crippen LogP contribution < -0.4 is 10.2 Å². The van der Waals surface area contributed by atoms with E-state index < -0.39 is 0 Å². The molecule has 2 heterocycles. The number of ether oxygens (including phenoxy) is 1. The zero-order valence-corrected chi connectivity index (χ0v) is 18.6. The third-order valence-electron chi connectivity index (χ3n) is 6.05. The molecule has 0 amide bonds. The largest absolute Gasteiger partial charge is 0.466 e. The molecule has 3 rings (SSSR count). The lowest BCUT2D eigenvalue weighted by Crippen LogP contribution is -2.48. The summed E-state index contributed by atoms with van der Waals surface area (Å²) in [4.78, 5) is 23.6. The van der Waals surface area contributed by atoms with E-state index >= 15 is 0 Å². The quantitative estimate of drug-likeness (QED) is 0.318. The zero-order chi connectivity index (χ0) is 21.2. The number of para-hydroxylation sites is 1. The van der Waals surface area contributed by atoms with Crippen molar-refractivity contribution >= 4 is 17.6 Å². The minimum Gasteiger partial charge on any atom is -0.466 e. The fraction of sp³-hybridized carbons (Fsp3) is 0.652. The maximum Gasteiger partial charge on any atom is 0.309 e. The van der Waals surface area contributed by atoms with Gasteiger partial charge < -0.3 is 19.9 Å². The SMILES string of the molecule is CCOC(=O)C1CCN(C(=NC)NCCCN2CCN(c3ccccc3)CC2)CC1. The van der Waals surface area contributed by atoms with Crippen molar-refractivity contribution in [1.29, 1.82) is 0 Å². The van der Waals surface area contributed by atoms with Gasteiger partial charge >= 0.3 is 5.97 Å². The maximum absolute atomic E-state index is 11.9. The van der Waals surface area contributed by atoms with E-state index in [4.69, 9.17) is 4.74 Å². The number of likely N-dealkylation sites (tertiary alicyclic amines) is 1. The second-order valence-corrected chi connectivity index (χ2v) is 8.01. The van der Waals surface area contributed by atoms with E-state index in [1.54, 1.807) is 0 Å². The Hall–Kier alpha value is -2.28. The summed E-state index contributed by atoms with van der Waals surface area (Å²) in [7, 11) is 1.84. The standard InChI is InChI=1S/C23H37N5O2/c1-3-30-22(29)20-10-14-28(15-11-20)23(24-2)25-12-7-13-26-16-18-27(19-17-26)21-8-5-4-6-9-21/h4-6,8-9,20H,3,7,10-19H2,1-2H3,(H,24,25). The van der Waals surface area contributed by atoms with Gasteiger partial charge in [-0.2, -0.15) is 0 Å². The summed E-state index contributed by atoms with van der Waals surface area (Å²) in [5.74, 6) is 0.938. The summed E-state index contributed by atoms with van der Waals surface area (Å²) in [5.41, 5.74) is 1.33. The number of hydrogen-bond acceptors (Lipinski definition) is 5. The number of guanidine groups is 1. The molecule has 0 aromatic heterocycles. The molecule has 2 fully saturated rings. The van der Waals surface area contributed by atoms with Crippen LogP contribution in [-0.2, 0) is 9.53 Å². The van der Waals surface area contributed by atoms with Gasteiger partial charge in [0, 0.05) is 58.5 Å². The smallest absolute Gasteiger partial charge is 0.309 e. The zero-order valence-electron chi connectivity index (χ0n) is 18.6. The number of benzene rings is 1. The van der Waals surface area contributed by atoms with Gasteiger partial charge in [-0.1, -0.05) is 18.2 Å². The molecule has 0 atom stereocenters. The molecule has 2 aliphatic heterocycles. The molecule has 0 aliphatic carbocycles. The Balaban J connectivity index is 1.31. The highest BCUT2D eigenvalue weighted by atomic mass is 16.5. The first-order valence-corrected chi connectivity index (χ1v) is 11.4. The van der Waals surface area contributed by atoms with E-state index in [9.17, 15) is 4.79 Å². The third-order valence-corrected chi connectivity index (χ3v) is 6.05. The number of carbonyl (C=O) groups is 1. The van der Waals surface area contributed by atoms with Crippen LogP contribution in [0.25, 0.3) is 0 Å². The van der Waals surface area contributed by atoms with Crippen molar-refractivity contribution in [3.05, 3.63) is 30.3 Å².